The molecular weight excluding hydrogens is 414 g/mol. The van der Waals surface area contributed by atoms with Gasteiger partial charge in [0.1, 0.15) is 11.6 Å². The van der Waals surface area contributed by atoms with E-state index in [0.717, 1.165) is 25.7 Å². The Bertz CT molecular complexity index is 906. The Morgan fingerprint density at radius 1 is 1.12 bits per heavy atom. The highest BCUT2D eigenvalue weighted by molar-refractivity contribution is 5.89. The fraction of sp³-hybridized carbons (Fsp3) is 0.500. The summed E-state index contributed by atoms with van der Waals surface area (Å²) in [6.45, 7) is 3.21. The lowest BCUT2D eigenvalue weighted by atomic mass is 9.65. The van der Waals surface area contributed by atoms with Gasteiger partial charge in [-0.25, -0.2) is 9.78 Å². The van der Waals surface area contributed by atoms with E-state index in [1.54, 1.807) is 0 Å². The van der Waals surface area contributed by atoms with E-state index in [4.69, 9.17) is 5.73 Å². The van der Waals surface area contributed by atoms with Gasteiger partial charge in [0.25, 0.3) is 0 Å². The van der Waals surface area contributed by atoms with E-state index in [1.807, 2.05) is 6.07 Å². The van der Waals surface area contributed by atoms with Crippen LogP contribution < -0.4 is 15.4 Å². The summed E-state index contributed by atoms with van der Waals surface area (Å²) in [6, 6.07) is 12.7. The fourth-order valence-corrected chi connectivity index (χ4v) is 4.62. The Morgan fingerprint density at radius 2 is 1.75 bits per heavy atom. The zero-order valence-corrected chi connectivity index (χ0v) is 19.1. The SMILES string of the molecule is CN(C)C1(c2ccccc2)CCC(C)(CN(C(N)=O)c2ccc(OC(C)(F)F)cn2)CC1. The molecule has 0 radical (unpaired) electrons. The van der Waals surface area contributed by atoms with Crippen LogP contribution in [0.25, 0.3) is 0 Å². The number of nitrogens with two attached hydrogens (primary N) is 1. The van der Waals surface area contributed by atoms with Gasteiger partial charge < -0.3 is 10.5 Å². The van der Waals surface area contributed by atoms with Gasteiger partial charge in [-0.15, -0.1) is 0 Å². The molecule has 1 aromatic carbocycles. The Morgan fingerprint density at radius 3 is 2.22 bits per heavy atom. The molecular formula is C24H32F2N4O2. The molecule has 1 aliphatic carbocycles. The summed E-state index contributed by atoms with van der Waals surface area (Å²) < 4.78 is 30.6. The van der Waals surface area contributed by atoms with Crippen molar-refractivity contribution < 1.29 is 18.3 Å². The zero-order valence-electron chi connectivity index (χ0n) is 19.1. The van der Waals surface area contributed by atoms with Crippen molar-refractivity contribution in [3.8, 4) is 5.75 Å². The van der Waals surface area contributed by atoms with Gasteiger partial charge in [0.15, 0.2) is 0 Å². The second-order valence-corrected chi connectivity index (χ2v) is 9.29. The number of halogens is 2. The van der Waals surface area contributed by atoms with Crippen molar-refractivity contribution in [2.75, 3.05) is 25.5 Å². The van der Waals surface area contributed by atoms with Crippen molar-refractivity contribution in [1.29, 1.82) is 0 Å². The maximum atomic E-state index is 13.1. The van der Waals surface area contributed by atoms with Crippen molar-refractivity contribution >= 4 is 11.8 Å². The molecule has 3 rings (SSSR count). The van der Waals surface area contributed by atoms with Crippen molar-refractivity contribution in [2.24, 2.45) is 11.1 Å². The van der Waals surface area contributed by atoms with Gasteiger partial charge >= 0.3 is 12.1 Å². The first-order valence-corrected chi connectivity index (χ1v) is 10.8. The molecule has 1 heterocycles. The number of urea groups is 1. The number of amides is 2. The quantitative estimate of drug-likeness (QED) is 0.650. The van der Waals surface area contributed by atoms with Crippen molar-refractivity contribution in [3.63, 3.8) is 0 Å². The number of carbonyl (C=O) groups is 1. The molecule has 6 nitrogen and oxygen atoms in total. The number of rotatable bonds is 7. The number of aromatic nitrogens is 1. The van der Waals surface area contributed by atoms with Crippen molar-refractivity contribution in [2.45, 2.75) is 51.2 Å². The minimum absolute atomic E-state index is 0.0546. The van der Waals surface area contributed by atoms with Crippen molar-refractivity contribution in [3.05, 3.63) is 54.2 Å². The van der Waals surface area contributed by atoms with Crippen LogP contribution in [0.2, 0.25) is 0 Å². The molecule has 32 heavy (non-hydrogen) atoms. The van der Waals surface area contributed by atoms with Crippen molar-refractivity contribution in [1.82, 2.24) is 9.88 Å². The molecule has 0 bridgehead atoms. The number of pyridine rings is 1. The van der Waals surface area contributed by atoms with E-state index in [1.165, 1.54) is 28.8 Å². The standard InChI is InChI=1S/C24H32F2N4O2/c1-22(12-14-24(15-13-22,29(3)4)18-8-6-5-7-9-18)17-30(21(27)31)20-11-10-19(16-28-20)32-23(2,25)26/h5-11,16H,12-15,17H2,1-4H3,(H2,27,31). The average molecular weight is 447 g/mol. The molecule has 0 unspecified atom stereocenters. The van der Waals surface area contributed by atoms with E-state index in [9.17, 15) is 13.6 Å². The second kappa shape index (κ2) is 9.02. The summed E-state index contributed by atoms with van der Waals surface area (Å²) >= 11 is 0. The smallest absolute Gasteiger partial charge is 0.394 e. The topological polar surface area (TPSA) is 71.7 Å². The Balaban J connectivity index is 1.75. The number of primary amides is 1. The maximum Gasteiger partial charge on any atom is 0.394 e. The van der Waals surface area contributed by atoms with Gasteiger partial charge in [-0.2, -0.15) is 8.78 Å². The summed E-state index contributed by atoms with van der Waals surface area (Å²) in [5.74, 6) is 0.242. The number of hydrogen-bond donors (Lipinski definition) is 1. The largest absolute Gasteiger partial charge is 0.431 e. The summed E-state index contributed by atoms with van der Waals surface area (Å²) in [7, 11) is 4.22. The van der Waals surface area contributed by atoms with Crippen LogP contribution in [0.15, 0.2) is 48.7 Å². The van der Waals surface area contributed by atoms with Gasteiger partial charge in [-0.3, -0.25) is 9.80 Å². The van der Waals surface area contributed by atoms with Crippen LogP contribution in [0.5, 0.6) is 5.75 Å². The highest BCUT2D eigenvalue weighted by Crippen LogP contribution is 2.48. The first-order chi connectivity index (χ1) is 14.9. The Hall–Kier alpha value is -2.74. The third-order valence-electron chi connectivity index (χ3n) is 6.55. The molecule has 1 aliphatic rings. The molecule has 2 amide bonds. The lowest BCUT2D eigenvalue weighted by Gasteiger charge is -2.49. The molecule has 2 N–H and O–H groups in total. The van der Waals surface area contributed by atoms with Gasteiger partial charge in [0.05, 0.1) is 6.20 Å². The summed E-state index contributed by atoms with van der Waals surface area (Å²) in [5.41, 5.74) is 6.75. The van der Waals surface area contributed by atoms with E-state index in [-0.39, 0.29) is 16.7 Å². The predicted molar refractivity (Wildman–Crippen MR) is 121 cm³/mol. The normalized spacial score (nSPS) is 23.7. The van der Waals surface area contributed by atoms with E-state index in [2.05, 4.69) is 59.9 Å². The molecule has 0 spiro atoms. The molecule has 0 atom stereocenters. The Labute approximate surface area is 188 Å². The van der Waals surface area contributed by atoms with E-state index < -0.39 is 12.1 Å². The van der Waals surface area contributed by atoms with Crippen LogP contribution in [-0.4, -0.2) is 42.7 Å². The van der Waals surface area contributed by atoms with Crippen LogP contribution in [0.3, 0.4) is 0 Å². The lowest BCUT2D eigenvalue weighted by Crippen LogP contribution is -2.50. The van der Waals surface area contributed by atoms with E-state index in [0.29, 0.717) is 19.3 Å². The van der Waals surface area contributed by atoms with Gasteiger partial charge in [-0.1, -0.05) is 37.3 Å². The predicted octanol–water partition coefficient (Wildman–Crippen LogP) is 5.00. The number of nitrogens with zero attached hydrogens (tertiary/aromatic N) is 3. The number of carbonyl (C=O) groups excluding carboxylic acids is 1. The third kappa shape index (κ3) is 5.35. The first-order valence-electron chi connectivity index (χ1n) is 10.8. The minimum atomic E-state index is -3.31. The minimum Gasteiger partial charge on any atom is -0.431 e. The number of anilines is 1. The number of hydrogen-bond acceptors (Lipinski definition) is 4. The summed E-state index contributed by atoms with van der Waals surface area (Å²) in [6.07, 6.45) is 1.55. The molecule has 2 aromatic rings. The second-order valence-electron chi connectivity index (χ2n) is 9.29. The zero-order chi connectivity index (χ0) is 23.6. The van der Waals surface area contributed by atoms with E-state index >= 15 is 0 Å². The molecule has 8 heteroatoms. The highest BCUT2D eigenvalue weighted by Gasteiger charge is 2.44. The van der Waals surface area contributed by atoms with Gasteiger partial charge in [0.2, 0.25) is 0 Å². The molecule has 1 fully saturated rings. The third-order valence-corrected chi connectivity index (χ3v) is 6.55. The molecule has 1 aromatic heterocycles. The molecule has 1 saturated carbocycles. The lowest BCUT2D eigenvalue weighted by molar-refractivity contribution is -0.159. The fourth-order valence-electron chi connectivity index (χ4n) is 4.62. The average Bonchev–Trinajstić information content (AvgIpc) is 2.73. The highest BCUT2D eigenvalue weighted by atomic mass is 19.3. The number of ether oxygens (including phenoxy) is 1. The monoisotopic (exact) mass is 446 g/mol. The maximum absolute atomic E-state index is 13.1. The van der Waals surface area contributed by atoms with Crippen LogP contribution >= 0.6 is 0 Å². The van der Waals surface area contributed by atoms with Crippen LogP contribution in [0, 0.1) is 5.41 Å². The molecule has 0 aliphatic heterocycles. The van der Waals surface area contributed by atoms with Gasteiger partial charge in [-0.05, 0) is 62.9 Å². The first kappa shape index (κ1) is 23.9. The number of alkyl halides is 2. The van der Waals surface area contributed by atoms with Crippen LogP contribution in [0.4, 0.5) is 19.4 Å². The summed E-state index contributed by atoms with van der Waals surface area (Å²) in [5, 5.41) is 0. The van der Waals surface area contributed by atoms with Crippen LogP contribution in [0.1, 0.15) is 45.1 Å². The van der Waals surface area contributed by atoms with Gasteiger partial charge in [0, 0.05) is 19.0 Å². The molecule has 174 valence electrons. The Kier molecular flexibility index (Phi) is 6.74. The van der Waals surface area contributed by atoms with Crippen LogP contribution in [-0.2, 0) is 5.54 Å². The number of benzene rings is 1. The molecule has 0 saturated heterocycles. The summed E-state index contributed by atoms with van der Waals surface area (Å²) in [4.78, 5) is 20.1.